The van der Waals surface area contributed by atoms with Crippen molar-refractivity contribution in [3.05, 3.63) is 23.3 Å². The van der Waals surface area contributed by atoms with Crippen LogP contribution in [0.25, 0.3) is 0 Å². The van der Waals surface area contributed by atoms with Crippen LogP contribution in [-0.2, 0) is 4.79 Å². The second-order valence-corrected chi connectivity index (χ2v) is 3.06. The molecule has 0 atom stereocenters. The summed E-state index contributed by atoms with van der Waals surface area (Å²) in [4.78, 5) is 32.7. The third-order valence-electron chi connectivity index (χ3n) is 2.08. The van der Waals surface area contributed by atoms with Gasteiger partial charge in [0.2, 0.25) is 0 Å². The summed E-state index contributed by atoms with van der Waals surface area (Å²) >= 11 is 0. The number of carbonyl (C=O) groups excluding carboxylic acids is 2. The number of hydrogen-bond donors (Lipinski definition) is 1. The summed E-state index contributed by atoms with van der Waals surface area (Å²) in [5.41, 5.74) is -0.0892. The van der Waals surface area contributed by atoms with Crippen LogP contribution in [0.15, 0.2) is 12.1 Å². The average Bonchev–Trinajstić information content (AvgIpc) is 2.35. The Balaban J connectivity index is 3.49. The van der Waals surface area contributed by atoms with Crippen LogP contribution in [0.5, 0.6) is 11.5 Å². The molecule has 0 heterocycles. The molecule has 0 amide bonds. The maximum Gasteiger partial charge on any atom is 0.377 e. The summed E-state index contributed by atoms with van der Waals surface area (Å²) in [5.74, 6) is -2.68. The van der Waals surface area contributed by atoms with Crippen LogP contribution in [0.3, 0.4) is 0 Å². The van der Waals surface area contributed by atoms with Crippen LogP contribution in [0, 0.1) is 0 Å². The summed E-state index contributed by atoms with van der Waals surface area (Å²) in [6.07, 6.45) is 0.487. The summed E-state index contributed by atoms with van der Waals surface area (Å²) < 4.78 is 9.83. The smallest absolute Gasteiger partial charge is 0.377 e. The molecule has 6 heteroatoms. The van der Waals surface area contributed by atoms with Crippen molar-refractivity contribution in [2.75, 3.05) is 14.2 Å². The van der Waals surface area contributed by atoms with Gasteiger partial charge in [-0.2, -0.15) is 0 Å². The fourth-order valence-corrected chi connectivity index (χ4v) is 1.34. The summed E-state index contributed by atoms with van der Waals surface area (Å²) in [6.45, 7) is 0. The first kappa shape index (κ1) is 12.7. The number of methoxy groups -OCH3 is 2. The monoisotopic (exact) mass is 238 g/mol. The lowest BCUT2D eigenvalue weighted by molar-refractivity contribution is -0.131. The normalized spacial score (nSPS) is 9.53. The molecule has 0 fully saturated rings. The number of aldehydes is 1. The number of benzene rings is 1. The molecule has 1 aromatic carbocycles. The standard InChI is InChI=1S/C11H10O6/c1-16-8-4-6(5-12)3-7(10(8)17-2)9(13)11(14)15/h3-5H,1-2H3,(H,14,15). The predicted molar refractivity (Wildman–Crippen MR) is 56.9 cm³/mol. The van der Waals surface area contributed by atoms with Crippen LogP contribution >= 0.6 is 0 Å². The Hall–Kier alpha value is -2.37. The van der Waals surface area contributed by atoms with Gasteiger partial charge in [0.1, 0.15) is 6.29 Å². The predicted octanol–water partition coefficient (Wildman–Crippen LogP) is 0.784. The van der Waals surface area contributed by atoms with Crippen molar-refractivity contribution >= 4 is 18.0 Å². The van der Waals surface area contributed by atoms with Crippen LogP contribution in [-0.4, -0.2) is 37.4 Å². The number of hydrogen-bond acceptors (Lipinski definition) is 5. The van der Waals surface area contributed by atoms with E-state index in [1.807, 2.05) is 0 Å². The van der Waals surface area contributed by atoms with Gasteiger partial charge < -0.3 is 14.6 Å². The number of carboxylic acid groups (broad SMARTS) is 1. The Morgan fingerprint density at radius 1 is 1.24 bits per heavy atom. The molecule has 90 valence electrons. The highest BCUT2D eigenvalue weighted by atomic mass is 16.5. The van der Waals surface area contributed by atoms with Gasteiger partial charge >= 0.3 is 5.97 Å². The van der Waals surface area contributed by atoms with Crippen molar-refractivity contribution < 1.29 is 29.0 Å². The Labute approximate surface area is 96.8 Å². The fourth-order valence-electron chi connectivity index (χ4n) is 1.34. The molecule has 0 saturated carbocycles. The fraction of sp³-hybridized carbons (Fsp3) is 0.182. The molecule has 0 aromatic heterocycles. The molecule has 1 aromatic rings. The topological polar surface area (TPSA) is 89.9 Å². The molecule has 0 spiro atoms. The lowest BCUT2D eigenvalue weighted by Gasteiger charge is -2.11. The molecule has 0 aliphatic carbocycles. The second kappa shape index (κ2) is 5.11. The van der Waals surface area contributed by atoms with Crippen molar-refractivity contribution in [1.29, 1.82) is 0 Å². The first-order valence-corrected chi connectivity index (χ1v) is 4.54. The van der Waals surface area contributed by atoms with Crippen molar-refractivity contribution in [1.82, 2.24) is 0 Å². The quantitative estimate of drug-likeness (QED) is 0.463. The van der Waals surface area contributed by atoms with Crippen molar-refractivity contribution in [3.8, 4) is 11.5 Å². The van der Waals surface area contributed by atoms with E-state index in [9.17, 15) is 14.4 Å². The number of aliphatic carboxylic acids is 1. The first-order valence-electron chi connectivity index (χ1n) is 4.54. The number of carboxylic acids is 1. The van der Waals surface area contributed by atoms with Gasteiger partial charge in [0.05, 0.1) is 19.8 Å². The van der Waals surface area contributed by atoms with E-state index < -0.39 is 11.8 Å². The van der Waals surface area contributed by atoms with Crippen molar-refractivity contribution in [3.63, 3.8) is 0 Å². The van der Waals surface area contributed by atoms with Gasteiger partial charge in [-0.25, -0.2) is 4.79 Å². The van der Waals surface area contributed by atoms with Crippen LogP contribution in [0.1, 0.15) is 20.7 Å². The molecule has 0 unspecified atom stereocenters. The molecular weight excluding hydrogens is 228 g/mol. The molecule has 1 N–H and O–H groups in total. The third kappa shape index (κ3) is 2.41. The largest absolute Gasteiger partial charge is 0.493 e. The maximum absolute atomic E-state index is 11.4. The van der Waals surface area contributed by atoms with E-state index in [0.29, 0.717) is 6.29 Å². The molecule has 6 nitrogen and oxygen atoms in total. The minimum absolute atomic E-state index is 0.00880. The van der Waals surface area contributed by atoms with Gasteiger partial charge in [0.15, 0.2) is 11.5 Å². The second-order valence-electron chi connectivity index (χ2n) is 3.06. The molecule has 1 rings (SSSR count). The molecule has 0 bridgehead atoms. The van der Waals surface area contributed by atoms with Crippen LogP contribution in [0.2, 0.25) is 0 Å². The third-order valence-corrected chi connectivity index (χ3v) is 2.08. The Morgan fingerprint density at radius 3 is 2.29 bits per heavy atom. The van der Waals surface area contributed by atoms with Gasteiger partial charge in [-0.3, -0.25) is 9.59 Å². The van der Waals surface area contributed by atoms with Gasteiger partial charge in [-0.15, -0.1) is 0 Å². The number of ether oxygens (including phenoxy) is 2. The number of Topliss-reactive ketones (excluding diaryl/α,β-unsaturated/α-hetero) is 1. The van der Waals surface area contributed by atoms with E-state index >= 15 is 0 Å². The Morgan fingerprint density at radius 2 is 1.88 bits per heavy atom. The molecule has 0 radical (unpaired) electrons. The minimum Gasteiger partial charge on any atom is -0.493 e. The van der Waals surface area contributed by atoms with E-state index in [2.05, 4.69) is 0 Å². The summed E-state index contributed by atoms with van der Waals surface area (Å²) in [7, 11) is 2.60. The van der Waals surface area contributed by atoms with Gasteiger partial charge in [0, 0.05) is 5.56 Å². The average molecular weight is 238 g/mol. The Bertz CT molecular complexity index is 477. The highest BCUT2D eigenvalue weighted by molar-refractivity contribution is 6.40. The van der Waals surface area contributed by atoms with E-state index in [0.717, 1.165) is 6.07 Å². The lowest BCUT2D eigenvalue weighted by atomic mass is 10.1. The Kier molecular flexibility index (Phi) is 3.82. The number of carbonyl (C=O) groups is 3. The van der Waals surface area contributed by atoms with Crippen LogP contribution in [0.4, 0.5) is 0 Å². The van der Waals surface area contributed by atoms with Crippen molar-refractivity contribution in [2.45, 2.75) is 0 Å². The van der Waals surface area contributed by atoms with Crippen LogP contribution < -0.4 is 9.47 Å². The highest BCUT2D eigenvalue weighted by Gasteiger charge is 2.23. The summed E-state index contributed by atoms with van der Waals surface area (Å²) in [6, 6.07) is 2.50. The number of rotatable bonds is 5. The van der Waals surface area contributed by atoms with Gasteiger partial charge in [-0.1, -0.05) is 0 Å². The zero-order valence-electron chi connectivity index (χ0n) is 9.22. The first-order chi connectivity index (χ1) is 8.04. The SMILES string of the molecule is COc1cc(C=O)cc(C(=O)C(=O)O)c1OC. The zero-order chi connectivity index (χ0) is 13.0. The highest BCUT2D eigenvalue weighted by Crippen LogP contribution is 2.32. The summed E-state index contributed by atoms with van der Waals surface area (Å²) in [5, 5.41) is 8.65. The maximum atomic E-state index is 11.4. The minimum atomic E-state index is -1.63. The number of ketones is 1. The van der Waals surface area contributed by atoms with E-state index in [1.54, 1.807) is 0 Å². The van der Waals surface area contributed by atoms with E-state index in [1.165, 1.54) is 20.3 Å². The molecule has 0 aliphatic heterocycles. The molecule has 0 saturated heterocycles. The van der Waals surface area contributed by atoms with Gasteiger partial charge in [0.25, 0.3) is 5.78 Å². The molecule has 17 heavy (non-hydrogen) atoms. The lowest BCUT2D eigenvalue weighted by Crippen LogP contribution is -2.14. The molecule has 0 aliphatic rings. The zero-order valence-corrected chi connectivity index (χ0v) is 9.22. The van der Waals surface area contributed by atoms with E-state index in [-0.39, 0.29) is 22.6 Å². The van der Waals surface area contributed by atoms with Crippen molar-refractivity contribution in [2.24, 2.45) is 0 Å². The van der Waals surface area contributed by atoms with E-state index in [4.69, 9.17) is 14.6 Å². The van der Waals surface area contributed by atoms with Gasteiger partial charge in [-0.05, 0) is 12.1 Å². The molecular formula is C11H10O6.